The van der Waals surface area contributed by atoms with E-state index in [-0.39, 0.29) is 11.4 Å². The molecule has 2 rings (SSSR count). The summed E-state index contributed by atoms with van der Waals surface area (Å²) in [7, 11) is 0. The van der Waals surface area contributed by atoms with Crippen molar-refractivity contribution in [3.8, 4) is 5.75 Å². The summed E-state index contributed by atoms with van der Waals surface area (Å²) in [4.78, 5) is 14.2. The standard InChI is InChI=1S/C8H8N2O2/c11-8-5-2-1-3-6(5)9-4-7(8)10-12/h4H,1-3H2,(H,9,11). The first kappa shape index (κ1) is 7.21. The van der Waals surface area contributed by atoms with Crippen LogP contribution in [0.15, 0.2) is 11.4 Å². The Balaban J connectivity index is 2.61. The Morgan fingerprint density at radius 1 is 1.50 bits per heavy atom. The lowest BCUT2D eigenvalue weighted by atomic mass is 10.2. The second-order valence-electron chi connectivity index (χ2n) is 2.86. The van der Waals surface area contributed by atoms with Crippen molar-refractivity contribution in [2.45, 2.75) is 19.3 Å². The second kappa shape index (κ2) is 2.55. The van der Waals surface area contributed by atoms with Gasteiger partial charge in [0.05, 0.1) is 6.20 Å². The SMILES string of the molecule is O=Nc1cnc2c(c1O)CCC2. The average molecular weight is 164 g/mol. The van der Waals surface area contributed by atoms with Crippen molar-refractivity contribution in [3.05, 3.63) is 22.4 Å². The maximum absolute atomic E-state index is 10.2. The fraction of sp³-hybridized carbons (Fsp3) is 0.375. The topological polar surface area (TPSA) is 62.5 Å². The van der Waals surface area contributed by atoms with Gasteiger partial charge in [-0.15, -0.1) is 4.91 Å². The third kappa shape index (κ3) is 0.879. The minimum absolute atomic E-state index is 0.0208. The van der Waals surface area contributed by atoms with Gasteiger partial charge in [-0.25, -0.2) is 0 Å². The van der Waals surface area contributed by atoms with Gasteiger partial charge in [0.25, 0.3) is 0 Å². The van der Waals surface area contributed by atoms with E-state index in [0.717, 1.165) is 30.5 Å². The molecule has 0 fully saturated rings. The van der Waals surface area contributed by atoms with Crippen LogP contribution in [0.1, 0.15) is 17.7 Å². The highest BCUT2D eigenvalue weighted by Gasteiger charge is 2.18. The van der Waals surface area contributed by atoms with Gasteiger partial charge in [-0.3, -0.25) is 4.98 Å². The highest BCUT2D eigenvalue weighted by molar-refractivity contribution is 5.55. The zero-order chi connectivity index (χ0) is 8.55. The minimum Gasteiger partial charge on any atom is -0.505 e. The predicted octanol–water partition coefficient (Wildman–Crippen LogP) is 1.67. The molecule has 4 heteroatoms. The molecule has 0 saturated carbocycles. The molecule has 0 spiro atoms. The van der Waals surface area contributed by atoms with E-state index in [1.165, 1.54) is 6.20 Å². The number of hydrogen-bond donors (Lipinski definition) is 1. The Morgan fingerprint density at radius 3 is 3.08 bits per heavy atom. The van der Waals surface area contributed by atoms with Crippen molar-refractivity contribution in [1.82, 2.24) is 4.98 Å². The van der Waals surface area contributed by atoms with E-state index in [0.29, 0.717) is 0 Å². The molecular weight excluding hydrogens is 156 g/mol. The molecular formula is C8H8N2O2. The molecule has 1 aliphatic rings. The van der Waals surface area contributed by atoms with Gasteiger partial charge in [-0.1, -0.05) is 0 Å². The largest absolute Gasteiger partial charge is 0.505 e. The molecule has 0 radical (unpaired) electrons. The maximum Gasteiger partial charge on any atom is 0.168 e. The first-order valence-electron chi connectivity index (χ1n) is 3.86. The van der Waals surface area contributed by atoms with Gasteiger partial charge in [0.2, 0.25) is 0 Å². The number of hydrogen-bond acceptors (Lipinski definition) is 4. The van der Waals surface area contributed by atoms with E-state index in [1.807, 2.05) is 0 Å². The van der Waals surface area contributed by atoms with Crippen LogP contribution < -0.4 is 0 Å². The molecule has 0 aromatic carbocycles. The van der Waals surface area contributed by atoms with E-state index in [4.69, 9.17) is 0 Å². The number of pyridine rings is 1. The minimum atomic E-state index is 0.0208. The van der Waals surface area contributed by atoms with E-state index in [9.17, 15) is 10.0 Å². The average Bonchev–Trinajstić information content (AvgIpc) is 2.53. The van der Waals surface area contributed by atoms with Crippen molar-refractivity contribution in [3.63, 3.8) is 0 Å². The summed E-state index contributed by atoms with van der Waals surface area (Å²) < 4.78 is 0. The van der Waals surface area contributed by atoms with E-state index >= 15 is 0 Å². The second-order valence-corrected chi connectivity index (χ2v) is 2.86. The molecule has 1 aromatic rings. The third-order valence-corrected chi connectivity index (χ3v) is 2.16. The molecule has 62 valence electrons. The van der Waals surface area contributed by atoms with Crippen molar-refractivity contribution < 1.29 is 5.11 Å². The summed E-state index contributed by atoms with van der Waals surface area (Å²) in [6.07, 6.45) is 4.02. The molecule has 0 bridgehead atoms. The number of nitroso groups, excluding NO2 is 1. The summed E-state index contributed by atoms with van der Waals surface area (Å²) >= 11 is 0. The summed E-state index contributed by atoms with van der Waals surface area (Å²) in [6.45, 7) is 0. The van der Waals surface area contributed by atoms with Crippen LogP contribution in [-0.2, 0) is 12.8 Å². The number of nitrogens with zero attached hydrogens (tertiary/aromatic N) is 2. The van der Waals surface area contributed by atoms with Crippen LogP contribution in [0.4, 0.5) is 5.69 Å². The molecule has 1 aromatic heterocycles. The molecule has 0 aliphatic heterocycles. The van der Waals surface area contributed by atoms with Crippen LogP contribution in [0.5, 0.6) is 5.75 Å². The molecule has 1 aliphatic carbocycles. The van der Waals surface area contributed by atoms with Gasteiger partial charge in [0.1, 0.15) is 0 Å². The maximum atomic E-state index is 10.2. The summed E-state index contributed by atoms with van der Waals surface area (Å²) in [5.74, 6) is 0.0208. The van der Waals surface area contributed by atoms with Gasteiger partial charge in [0.15, 0.2) is 11.4 Å². The summed E-state index contributed by atoms with van der Waals surface area (Å²) in [5, 5.41) is 12.2. The smallest absolute Gasteiger partial charge is 0.168 e. The van der Waals surface area contributed by atoms with Gasteiger partial charge in [0, 0.05) is 11.3 Å². The quantitative estimate of drug-likeness (QED) is 0.642. The molecule has 4 nitrogen and oxygen atoms in total. The first-order valence-corrected chi connectivity index (χ1v) is 3.86. The van der Waals surface area contributed by atoms with Crippen LogP contribution in [0.2, 0.25) is 0 Å². The lowest BCUT2D eigenvalue weighted by Crippen LogP contribution is -1.87. The van der Waals surface area contributed by atoms with E-state index < -0.39 is 0 Å². The number of fused-ring (bicyclic) bond motifs is 1. The monoisotopic (exact) mass is 164 g/mol. The van der Waals surface area contributed by atoms with Gasteiger partial charge >= 0.3 is 0 Å². The lowest BCUT2D eigenvalue weighted by molar-refractivity contribution is 0.470. The van der Waals surface area contributed by atoms with Crippen LogP contribution in [0, 0.1) is 4.91 Å². The lowest BCUT2D eigenvalue weighted by Gasteiger charge is -2.01. The fourth-order valence-corrected chi connectivity index (χ4v) is 1.55. The highest BCUT2D eigenvalue weighted by atomic mass is 16.3. The molecule has 1 N–H and O–H groups in total. The number of rotatable bonds is 1. The Morgan fingerprint density at radius 2 is 2.33 bits per heavy atom. The molecule has 0 saturated heterocycles. The normalized spacial score (nSPS) is 14.3. The van der Waals surface area contributed by atoms with Crippen LogP contribution in [-0.4, -0.2) is 10.1 Å². The van der Waals surface area contributed by atoms with Crippen LogP contribution >= 0.6 is 0 Å². The third-order valence-electron chi connectivity index (χ3n) is 2.16. The zero-order valence-corrected chi connectivity index (χ0v) is 6.45. The van der Waals surface area contributed by atoms with Crippen molar-refractivity contribution in [2.24, 2.45) is 5.18 Å². The molecule has 0 amide bonds. The van der Waals surface area contributed by atoms with Gasteiger partial charge < -0.3 is 5.11 Å². The number of aromatic hydroxyl groups is 1. The Kier molecular flexibility index (Phi) is 1.53. The Labute approximate surface area is 69.2 Å². The van der Waals surface area contributed by atoms with Crippen LogP contribution in [0.25, 0.3) is 0 Å². The van der Waals surface area contributed by atoms with Crippen molar-refractivity contribution in [1.29, 1.82) is 0 Å². The fourth-order valence-electron chi connectivity index (χ4n) is 1.55. The van der Waals surface area contributed by atoms with E-state index in [1.54, 1.807) is 0 Å². The number of aryl methyl sites for hydroxylation is 1. The van der Waals surface area contributed by atoms with Gasteiger partial charge in [-0.05, 0) is 24.4 Å². The molecule has 12 heavy (non-hydrogen) atoms. The van der Waals surface area contributed by atoms with Gasteiger partial charge in [-0.2, -0.15) is 0 Å². The zero-order valence-electron chi connectivity index (χ0n) is 6.45. The highest BCUT2D eigenvalue weighted by Crippen LogP contribution is 2.35. The Hall–Kier alpha value is -1.45. The number of aromatic nitrogens is 1. The summed E-state index contributed by atoms with van der Waals surface area (Å²) in [6, 6.07) is 0. The van der Waals surface area contributed by atoms with Crippen molar-refractivity contribution in [2.75, 3.05) is 0 Å². The molecule has 0 unspecified atom stereocenters. The first-order chi connectivity index (χ1) is 5.83. The molecule has 0 atom stereocenters. The summed E-state index contributed by atoms with van der Waals surface area (Å²) in [5.41, 5.74) is 1.75. The van der Waals surface area contributed by atoms with Crippen molar-refractivity contribution >= 4 is 5.69 Å². The molecule has 1 heterocycles. The predicted molar refractivity (Wildman–Crippen MR) is 43.4 cm³/mol. The van der Waals surface area contributed by atoms with Crippen LogP contribution in [0.3, 0.4) is 0 Å². The van der Waals surface area contributed by atoms with E-state index in [2.05, 4.69) is 10.2 Å². The Bertz CT molecular complexity index is 336.